The second-order valence-electron chi connectivity index (χ2n) is 5.18. The molecule has 2 nitrogen and oxygen atoms in total. The van der Waals surface area contributed by atoms with Crippen molar-refractivity contribution >= 4 is 39.1 Å². The first kappa shape index (κ1) is 15.6. The van der Waals surface area contributed by atoms with Gasteiger partial charge in [-0.15, -0.1) is 12.4 Å². The highest BCUT2D eigenvalue weighted by atomic mass is 79.9. The van der Waals surface area contributed by atoms with Crippen LogP contribution in [0.5, 0.6) is 5.75 Å². The smallest absolute Gasteiger partial charge is 0.119 e. The van der Waals surface area contributed by atoms with Crippen molar-refractivity contribution in [1.82, 2.24) is 5.32 Å². The van der Waals surface area contributed by atoms with E-state index in [0.717, 1.165) is 29.9 Å². The van der Waals surface area contributed by atoms with Crippen LogP contribution in [0.2, 0.25) is 0 Å². The van der Waals surface area contributed by atoms with Crippen molar-refractivity contribution in [3.05, 3.63) is 40.9 Å². The SMILES string of the molecule is Brc1ccc2cc(OCC3CCCNC3)ccc2c1.Cl. The van der Waals surface area contributed by atoms with Crippen molar-refractivity contribution in [2.24, 2.45) is 5.92 Å². The fraction of sp³-hybridized carbons (Fsp3) is 0.375. The number of halogens is 2. The molecule has 1 atom stereocenters. The average molecular weight is 357 g/mol. The predicted octanol–water partition coefficient (Wildman–Crippen LogP) is 4.40. The summed E-state index contributed by atoms with van der Waals surface area (Å²) in [6.45, 7) is 3.05. The Morgan fingerprint density at radius 3 is 2.75 bits per heavy atom. The molecule has 0 amide bonds. The second kappa shape index (κ2) is 7.30. The molecule has 0 spiro atoms. The van der Waals surface area contributed by atoms with Gasteiger partial charge in [0, 0.05) is 16.9 Å². The lowest BCUT2D eigenvalue weighted by Crippen LogP contribution is -2.33. The molecule has 2 aromatic rings. The molecule has 1 N–H and O–H groups in total. The molecular weight excluding hydrogens is 338 g/mol. The number of rotatable bonds is 3. The van der Waals surface area contributed by atoms with E-state index in [9.17, 15) is 0 Å². The number of hydrogen-bond acceptors (Lipinski definition) is 2. The summed E-state index contributed by atoms with van der Waals surface area (Å²) in [5.74, 6) is 1.62. The molecule has 1 unspecified atom stereocenters. The summed E-state index contributed by atoms with van der Waals surface area (Å²) in [4.78, 5) is 0. The van der Waals surface area contributed by atoms with Crippen molar-refractivity contribution in [2.75, 3.05) is 19.7 Å². The van der Waals surface area contributed by atoms with E-state index in [4.69, 9.17) is 4.74 Å². The molecule has 1 fully saturated rings. The highest BCUT2D eigenvalue weighted by molar-refractivity contribution is 9.10. The third kappa shape index (κ3) is 3.87. The van der Waals surface area contributed by atoms with Gasteiger partial charge in [-0.2, -0.15) is 0 Å². The molecule has 1 aliphatic rings. The molecule has 1 saturated heterocycles. The molecule has 108 valence electrons. The van der Waals surface area contributed by atoms with Crippen molar-refractivity contribution in [3.8, 4) is 5.75 Å². The monoisotopic (exact) mass is 355 g/mol. The van der Waals surface area contributed by atoms with Crippen LogP contribution in [0.4, 0.5) is 0 Å². The Labute approximate surface area is 134 Å². The summed E-state index contributed by atoms with van der Waals surface area (Å²) < 4.78 is 7.05. The lowest BCUT2D eigenvalue weighted by molar-refractivity contribution is 0.218. The van der Waals surface area contributed by atoms with Crippen LogP contribution in [0.15, 0.2) is 40.9 Å². The Morgan fingerprint density at radius 2 is 1.95 bits per heavy atom. The topological polar surface area (TPSA) is 21.3 Å². The summed E-state index contributed by atoms with van der Waals surface area (Å²) in [6, 6.07) is 12.6. The van der Waals surface area contributed by atoms with Gasteiger partial charge in [0.15, 0.2) is 0 Å². The predicted molar refractivity (Wildman–Crippen MR) is 90.0 cm³/mol. The van der Waals surface area contributed by atoms with E-state index in [1.165, 1.54) is 23.6 Å². The Balaban J connectivity index is 0.00000147. The fourth-order valence-electron chi connectivity index (χ4n) is 2.56. The maximum absolute atomic E-state index is 5.93. The van der Waals surface area contributed by atoms with Gasteiger partial charge in [-0.3, -0.25) is 0 Å². The summed E-state index contributed by atoms with van der Waals surface area (Å²) in [6.07, 6.45) is 2.54. The minimum Gasteiger partial charge on any atom is -0.493 e. The van der Waals surface area contributed by atoms with E-state index in [-0.39, 0.29) is 12.4 Å². The van der Waals surface area contributed by atoms with Crippen LogP contribution >= 0.6 is 28.3 Å². The standard InChI is InChI=1S/C16H18BrNO.ClH/c17-15-5-3-14-9-16(6-4-13(14)8-15)19-11-12-2-1-7-18-10-12;/h3-6,8-9,12,18H,1-2,7,10-11H2;1H. The van der Waals surface area contributed by atoms with Gasteiger partial charge in [0.05, 0.1) is 6.61 Å². The van der Waals surface area contributed by atoms with Crippen LogP contribution in [0.1, 0.15) is 12.8 Å². The number of fused-ring (bicyclic) bond motifs is 1. The minimum absolute atomic E-state index is 0. The molecule has 20 heavy (non-hydrogen) atoms. The van der Waals surface area contributed by atoms with E-state index >= 15 is 0 Å². The van der Waals surface area contributed by atoms with E-state index < -0.39 is 0 Å². The van der Waals surface area contributed by atoms with Crippen molar-refractivity contribution in [2.45, 2.75) is 12.8 Å². The highest BCUT2D eigenvalue weighted by Gasteiger charge is 2.13. The zero-order chi connectivity index (χ0) is 13.1. The van der Waals surface area contributed by atoms with E-state index in [2.05, 4.69) is 57.6 Å². The molecule has 0 aromatic heterocycles. The van der Waals surface area contributed by atoms with Crippen molar-refractivity contribution < 1.29 is 4.74 Å². The largest absolute Gasteiger partial charge is 0.493 e. The van der Waals surface area contributed by atoms with Crippen molar-refractivity contribution in [3.63, 3.8) is 0 Å². The molecule has 2 aromatic carbocycles. The quantitative estimate of drug-likeness (QED) is 0.880. The van der Waals surface area contributed by atoms with Gasteiger partial charge in [-0.1, -0.05) is 28.1 Å². The van der Waals surface area contributed by atoms with Gasteiger partial charge >= 0.3 is 0 Å². The van der Waals surface area contributed by atoms with Gasteiger partial charge in [0.1, 0.15) is 5.75 Å². The minimum atomic E-state index is 0. The van der Waals surface area contributed by atoms with Crippen molar-refractivity contribution in [1.29, 1.82) is 0 Å². The number of nitrogens with one attached hydrogen (secondary N) is 1. The molecule has 1 heterocycles. The normalized spacial score (nSPS) is 18.6. The zero-order valence-electron chi connectivity index (χ0n) is 11.3. The van der Waals surface area contributed by atoms with Gasteiger partial charge in [0.2, 0.25) is 0 Å². The summed E-state index contributed by atoms with van der Waals surface area (Å²) >= 11 is 3.50. The molecule has 4 heteroatoms. The maximum Gasteiger partial charge on any atom is 0.119 e. The van der Waals surface area contributed by atoms with Crippen LogP contribution in [-0.2, 0) is 0 Å². The lowest BCUT2D eigenvalue weighted by atomic mass is 10.0. The molecule has 0 aliphatic carbocycles. The maximum atomic E-state index is 5.93. The molecular formula is C16H19BrClNO. The van der Waals surface area contributed by atoms with Gasteiger partial charge < -0.3 is 10.1 Å². The van der Waals surface area contributed by atoms with Gasteiger partial charge in [-0.25, -0.2) is 0 Å². The first-order chi connectivity index (χ1) is 9.31. The number of hydrogen-bond donors (Lipinski definition) is 1. The van der Waals surface area contributed by atoms with Crippen LogP contribution in [0, 0.1) is 5.92 Å². The van der Waals surface area contributed by atoms with E-state index in [1.54, 1.807) is 0 Å². The summed E-state index contributed by atoms with van der Waals surface area (Å²) in [5.41, 5.74) is 0. The molecule has 0 saturated carbocycles. The number of ether oxygens (including phenoxy) is 1. The Bertz CT molecular complexity index is 569. The fourth-order valence-corrected chi connectivity index (χ4v) is 2.94. The third-order valence-electron chi connectivity index (χ3n) is 3.66. The highest BCUT2D eigenvalue weighted by Crippen LogP contribution is 2.24. The van der Waals surface area contributed by atoms with Crippen LogP contribution in [0.3, 0.4) is 0 Å². The Kier molecular flexibility index (Phi) is 5.70. The van der Waals surface area contributed by atoms with Crippen LogP contribution in [-0.4, -0.2) is 19.7 Å². The Hall–Kier alpha value is -0.770. The lowest BCUT2D eigenvalue weighted by Gasteiger charge is -2.22. The molecule has 1 aliphatic heterocycles. The van der Waals surface area contributed by atoms with Crippen LogP contribution < -0.4 is 10.1 Å². The number of benzene rings is 2. The van der Waals surface area contributed by atoms with E-state index in [1.807, 2.05) is 0 Å². The number of piperidine rings is 1. The molecule has 3 rings (SSSR count). The summed E-state index contributed by atoms with van der Waals surface area (Å²) in [7, 11) is 0. The zero-order valence-corrected chi connectivity index (χ0v) is 13.7. The molecule has 0 bridgehead atoms. The van der Waals surface area contributed by atoms with Gasteiger partial charge in [-0.05, 0) is 54.4 Å². The van der Waals surface area contributed by atoms with Gasteiger partial charge in [0.25, 0.3) is 0 Å². The first-order valence-corrected chi connectivity index (χ1v) is 7.63. The van der Waals surface area contributed by atoms with E-state index in [0.29, 0.717) is 5.92 Å². The molecule has 0 radical (unpaired) electrons. The second-order valence-corrected chi connectivity index (χ2v) is 6.09. The Morgan fingerprint density at radius 1 is 1.15 bits per heavy atom. The third-order valence-corrected chi connectivity index (χ3v) is 4.15. The van der Waals surface area contributed by atoms with Crippen LogP contribution in [0.25, 0.3) is 10.8 Å². The average Bonchev–Trinajstić information content (AvgIpc) is 2.46. The summed E-state index contributed by atoms with van der Waals surface area (Å²) in [5, 5.41) is 5.88. The first-order valence-electron chi connectivity index (χ1n) is 6.84.